The van der Waals surface area contributed by atoms with Crippen LogP contribution in [0.5, 0.6) is 0 Å². The van der Waals surface area contributed by atoms with Gasteiger partial charge in [-0.2, -0.15) is 5.11 Å². The summed E-state index contributed by atoms with van der Waals surface area (Å²) < 4.78 is 0. The van der Waals surface area contributed by atoms with Crippen LogP contribution in [-0.2, 0) is 0 Å². The summed E-state index contributed by atoms with van der Waals surface area (Å²) >= 11 is 1.51. The Bertz CT molecular complexity index is 514. The van der Waals surface area contributed by atoms with E-state index in [4.69, 9.17) is 0 Å². The van der Waals surface area contributed by atoms with Crippen LogP contribution in [0.15, 0.2) is 52.0 Å². The zero-order valence-corrected chi connectivity index (χ0v) is 10.4. The molecular weight excluding hydrogens is 230 g/mol. The number of thiazole rings is 1. The lowest BCUT2D eigenvalue weighted by molar-refractivity contribution is 1.06. The summed E-state index contributed by atoms with van der Waals surface area (Å²) in [6, 6.07) is 10.1. The zero-order chi connectivity index (χ0) is 11.9. The van der Waals surface area contributed by atoms with Gasteiger partial charge in [0, 0.05) is 5.38 Å². The maximum absolute atomic E-state index is 4.20. The minimum atomic E-state index is 0.577. The van der Waals surface area contributed by atoms with Crippen molar-refractivity contribution in [2.45, 2.75) is 6.92 Å². The molecule has 86 valence electrons. The van der Waals surface area contributed by atoms with E-state index in [1.54, 1.807) is 0 Å². The van der Waals surface area contributed by atoms with Gasteiger partial charge >= 0.3 is 0 Å². The van der Waals surface area contributed by atoms with Crippen molar-refractivity contribution in [3.05, 3.63) is 53.0 Å². The highest BCUT2D eigenvalue weighted by Crippen LogP contribution is 2.18. The number of aryl methyl sites for hydroxylation is 1. The van der Waals surface area contributed by atoms with Gasteiger partial charge in [-0.3, -0.25) is 0 Å². The van der Waals surface area contributed by atoms with Crippen molar-refractivity contribution in [2.75, 3.05) is 6.54 Å². The summed E-state index contributed by atoms with van der Waals surface area (Å²) in [4.78, 5) is 4.20. The second-order valence-corrected chi connectivity index (χ2v) is 4.35. The van der Waals surface area contributed by atoms with Gasteiger partial charge in [-0.15, -0.1) is 16.5 Å². The lowest BCUT2D eigenvalue weighted by Gasteiger charge is -1.89. The molecule has 0 amide bonds. The Hall–Kier alpha value is -1.81. The molecule has 0 aliphatic carbocycles. The average Bonchev–Trinajstić information content (AvgIpc) is 2.76. The van der Waals surface area contributed by atoms with Gasteiger partial charge in [0.05, 0.1) is 12.2 Å². The second kappa shape index (κ2) is 6.06. The molecule has 1 aromatic heterocycles. The Morgan fingerprint density at radius 3 is 2.82 bits per heavy atom. The third-order valence-corrected chi connectivity index (χ3v) is 2.90. The first-order valence-corrected chi connectivity index (χ1v) is 6.24. The van der Waals surface area contributed by atoms with E-state index >= 15 is 0 Å². The fourth-order valence-corrected chi connectivity index (χ4v) is 1.92. The highest BCUT2D eigenvalue weighted by molar-refractivity contribution is 7.13. The molecule has 17 heavy (non-hydrogen) atoms. The molecule has 0 saturated heterocycles. The largest absolute Gasteiger partial charge is 0.229 e. The van der Waals surface area contributed by atoms with Crippen molar-refractivity contribution in [1.29, 1.82) is 0 Å². The molecule has 0 bridgehead atoms. The number of rotatable bonds is 4. The third kappa shape index (κ3) is 3.92. The average molecular weight is 243 g/mol. The van der Waals surface area contributed by atoms with Crippen LogP contribution >= 0.6 is 11.3 Å². The normalized spacial score (nSPS) is 11.6. The van der Waals surface area contributed by atoms with Gasteiger partial charge in [0.1, 0.15) is 0 Å². The quantitative estimate of drug-likeness (QED) is 0.740. The van der Waals surface area contributed by atoms with E-state index in [-0.39, 0.29) is 0 Å². The molecule has 0 atom stereocenters. The van der Waals surface area contributed by atoms with Crippen molar-refractivity contribution in [3.63, 3.8) is 0 Å². The molecule has 2 aromatic rings. The van der Waals surface area contributed by atoms with E-state index in [0.717, 1.165) is 10.8 Å². The molecular formula is C13H13N3S. The smallest absolute Gasteiger partial charge is 0.222 e. The Balaban J connectivity index is 1.84. The van der Waals surface area contributed by atoms with E-state index in [9.17, 15) is 0 Å². The monoisotopic (exact) mass is 243 g/mol. The minimum absolute atomic E-state index is 0.577. The van der Waals surface area contributed by atoms with Gasteiger partial charge in [-0.05, 0) is 12.5 Å². The summed E-state index contributed by atoms with van der Waals surface area (Å²) in [5, 5.41) is 10.8. The fourth-order valence-electron chi connectivity index (χ4n) is 1.29. The zero-order valence-electron chi connectivity index (χ0n) is 9.58. The summed E-state index contributed by atoms with van der Waals surface area (Å²) in [5.41, 5.74) is 2.16. The molecule has 0 spiro atoms. The Morgan fingerprint density at radius 1 is 1.29 bits per heavy atom. The lowest BCUT2D eigenvalue weighted by Crippen LogP contribution is -1.72. The van der Waals surface area contributed by atoms with E-state index in [0.29, 0.717) is 6.54 Å². The molecule has 0 saturated carbocycles. The van der Waals surface area contributed by atoms with Crippen LogP contribution < -0.4 is 0 Å². The topological polar surface area (TPSA) is 37.6 Å². The number of nitrogens with zero attached hydrogens (tertiary/aromatic N) is 3. The predicted octanol–water partition coefficient (Wildman–Crippen LogP) is 4.25. The van der Waals surface area contributed by atoms with Crippen LogP contribution in [0, 0.1) is 6.92 Å². The summed E-state index contributed by atoms with van der Waals surface area (Å²) in [6.45, 7) is 2.53. The van der Waals surface area contributed by atoms with Crippen LogP contribution in [0.3, 0.4) is 0 Å². The number of hydrogen-bond donors (Lipinski definition) is 0. The maximum atomic E-state index is 4.20. The lowest BCUT2D eigenvalue weighted by atomic mass is 10.2. The number of azo groups is 1. The standard InChI is InChI=1S/C13H13N3S/c1-11-10-17-13(15-11)16-14-9-5-8-12-6-3-2-4-7-12/h2-8,10H,9H2,1H3. The second-order valence-electron chi connectivity index (χ2n) is 3.51. The van der Waals surface area contributed by atoms with Gasteiger partial charge in [0.2, 0.25) is 5.13 Å². The molecule has 1 aromatic carbocycles. The first kappa shape index (κ1) is 11.7. The van der Waals surface area contributed by atoms with Crippen molar-refractivity contribution < 1.29 is 0 Å². The first-order valence-electron chi connectivity index (χ1n) is 5.36. The maximum Gasteiger partial charge on any atom is 0.229 e. The molecule has 0 aliphatic heterocycles. The van der Waals surface area contributed by atoms with Crippen molar-refractivity contribution in [1.82, 2.24) is 4.98 Å². The van der Waals surface area contributed by atoms with Crippen LogP contribution in [0.1, 0.15) is 11.3 Å². The molecule has 0 aliphatic rings. The molecule has 1 heterocycles. The summed E-state index contributed by atoms with van der Waals surface area (Å²) in [6.07, 6.45) is 4.02. The summed E-state index contributed by atoms with van der Waals surface area (Å²) in [5.74, 6) is 0. The number of benzene rings is 1. The van der Waals surface area contributed by atoms with Crippen LogP contribution in [0.25, 0.3) is 6.08 Å². The van der Waals surface area contributed by atoms with Crippen molar-refractivity contribution in [3.8, 4) is 0 Å². The molecule has 3 nitrogen and oxygen atoms in total. The molecule has 0 fully saturated rings. The van der Waals surface area contributed by atoms with Crippen LogP contribution in [-0.4, -0.2) is 11.5 Å². The van der Waals surface area contributed by atoms with Gasteiger partial charge < -0.3 is 0 Å². The predicted molar refractivity (Wildman–Crippen MR) is 71.7 cm³/mol. The van der Waals surface area contributed by atoms with Crippen molar-refractivity contribution >= 4 is 22.5 Å². The first-order chi connectivity index (χ1) is 8.34. The van der Waals surface area contributed by atoms with E-state index in [1.165, 1.54) is 16.9 Å². The SMILES string of the molecule is Cc1csc(N=NCC=Cc2ccccc2)n1. The molecule has 2 rings (SSSR count). The minimum Gasteiger partial charge on any atom is -0.222 e. The van der Waals surface area contributed by atoms with Gasteiger partial charge in [0.25, 0.3) is 0 Å². The Labute approximate surface area is 105 Å². The van der Waals surface area contributed by atoms with Crippen LogP contribution in [0.4, 0.5) is 5.13 Å². The number of hydrogen-bond acceptors (Lipinski definition) is 4. The molecule has 4 heteroatoms. The third-order valence-electron chi connectivity index (χ3n) is 2.06. The van der Waals surface area contributed by atoms with Gasteiger partial charge in [-0.25, -0.2) is 4.98 Å². The number of aromatic nitrogens is 1. The highest BCUT2D eigenvalue weighted by atomic mass is 32.1. The van der Waals surface area contributed by atoms with Gasteiger partial charge in [0.15, 0.2) is 0 Å². The molecule has 0 radical (unpaired) electrons. The Morgan fingerprint density at radius 2 is 2.12 bits per heavy atom. The fraction of sp³-hybridized carbons (Fsp3) is 0.154. The van der Waals surface area contributed by atoms with Gasteiger partial charge in [-0.1, -0.05) is 42.5 Å². The van der Waals surface area contributed by atoms with E-state index in [1.807, 2.05) is 42.7 Å². The van der Waals surface area contributed by atoms with Crippen LogP contribution in [0.2, 0.25) is 0 Å². The van der Waals surface area contributed by atoms with E-state index in [2.05, 4.69) is 27.3 Å². The van der Waals surface area contributed by atoms with E-state index < -0.39 is 0 Å². The Kier molecular flexibility index (Phi) is 4.16. The molecule has 0 unspecified atom stereocenters. The highest BCUT2D eigenvalue weighted by Gasteiger charge is 1.93. The molecule has 0 N–H and O–H groups in total. The summed E-state index contributed by atoms with van der Waals surface area (Å²) in [7, 11) is 0. The van der Waals surface area contributed by atoms with Crippen molar-refractivity contribution in [2.24, 2.45) is 10.2 Å².